The molecule has 0 radical (unpaired) electrons. The second kappa shape index (κ2) is 5.41. The first-order chi connectivity index (χ1) is 9.54. The van der Waals surface area contributed by atoms with Crippen LogP contribution >= 0.6 is 50.5 Å². The van der Waals surface area contributed by atoms with Crippen molar-refractivity contribution in [1.29, 1.82) is 0 Å². The molecule has 0 amide bonds. The molecule has 2 aromatic heterocycles. The molecule has 2 N–H and O–H groups in total. The van der Waals surface area contributed by atoms with E-state index < -0.39 is 0 Å². The van der Waals surface area contributed by atoms with Gasteiger partial charge in [-0.3, -0.25) is 0 Å². The van der Waals surface area contributed by atoms with E-state index in [0.29, 0.717) is 20.1 Å². The normalized spacial score (nSPS) is 10.9. The molecule has 0 spiro atoms. The summed E-state index contributed by atoms with van der Waals surface area (Å²) < 4.78 is 3.93. The van der Waals surface area contributed by atoms with E-state index in [0.717, 1.165) is 15.7 Å². The number of nitrogens with two attached hydrogens (primary N) is 1. The molecule has 3 nitrogen and oxygen atoms in total. The molecule has 3 rings (SSSR count). The van der Waals surface area contributed by atoms with E-state index >= 15 is 0 Å². The van der Waals surface area contributed by atoms with Crippen LogP contribution in [0.25, 0.3) is 16.9 Å². The molecule has 3 aromatic rings. The van der Waals surface area contributed by atoms with Crippen LogP contribution in [-0.2, 0) is 0 Å². The number of halogens is 3. The van der Waals surface area contributed by atoms with Gasteiger partial charge in [0.2, 0.25) is 0 Å². The summed E-state index contributed by atoms with van der Waals surface area (Å²) in [4.78, 5) is 0. The summed E-state index contributed by atoms with van der Waals surface area (Å²) in [6, 6.07) is 9.56. The fourth-order valence-electron chi connectivity index (χ4n) is 1.82. The van der Waals surface area contributed by atoms with Crippen molar-refractivity contribution in [1.82, 2.24) is 9.78 Å². The zero-order chi connectivity index (χ0) is 14.3. The van der Waals surface area contributed by atoms with Gasteiger partial charge in [-0.2, -0.15) is 5.10 Å². The van der Waals surface area contributed by atoms with Crippen molar-refractivity contribution in [3.63, 3.8) is 0 Å². The predicted molar refractivity (Wildman–Crippen MR) is 89.0 cm³/mol. The molecule has 0 aliphatic rings. The van der Waals surface area contributed by atoms with Crippen molar-refractivity contribution in [3.05, 3.63) is 49.7 Å². The van der Waals surface area contributed by atoms with E-state index in [1.54, 1.807) is 16.9 Å². The first kappa shape index (κ1) is 13.9. The van der Waals surface area contributed by atoms with Crippen LogP contribution in [0.3, 0.4) is 0 Å². The summed E-state index contributed by atoms with van der Waals surface area (Å²) in [5.41, 5.74) is 8.91. The number of anilines is 1. The number of nitrogens with zero attached hydrogens (tertiary/aromatic N) is 2. The Labute approximate surface area is 138 Å². The lowest BCUT2D eigenvalue weighted by molar-refractivity contribution is 0.884. The molecule has 0 aliphatic carbocycles. The van der Waals surface area contributed by atoms with Gasteiger partial charge >= 0.3 is 0 Å². The maximum absolute atomic E-state index is 6.15. The number of rotatable bonds is 2. The van der Waals surface area contributed by atoms with Crippen LogP contribution in [0.5, 0.6) is 0 Å². The molecule has 1 aromatic carbocycles. The number of nitrogen functional groups attached to an aromatic ring is 1. The lowest BCUT2D eigenvalue weighted by atomic mass is 10.2. The summed E-state index contributed by atoms with van der Waals surface area (Å²) in [7, 11) is 0. The third-order valence-electron chi connectivity index (χ3n) is 2.75. The third kappa shape index (κ3) is 2.59. The molecule has 0 aliphatic heterocycles. The highest BCUT2D eigenvalue weighted by atomic mass is 79.9. The topological polar surface area (TPSA) is 43.8 Å². The number of thiophene rings is 1. The fourth-order valence-corrected chi connectivity index (χ4v) is 3.55. The second-order valence-electron chi connectivity index (χ2n) is 4.09. The van der Waals surface area contributed by atoms with Crippen molar-refractivity contribution in [3.8, 4) is 16.9 Å². The Morgan fingerprint density at radius 1 is 1.20 bits per heavy atom. The van der Waals surface area contributed by atoms with Gasteiger partial charge < -0.3 is 5.73 Å². The van der Waals surface area contributed by atoms with E-state index in [-0.39, 0.29) is 0 Å². The number of aromatic nitrogens is 2. The van der Waals surface area contributed by atoms with E-state index in [2.05, 4.69) is 21.0 Å². The van der Waals surface area contributed by atoms with Gasteiger partial charge in [0.05, 0.1) is 21.9 Å². The van der Waals surface area contributed by atoms with Gasteiger partial charge in [0.25, 0.3) is 0 Å². The molecule has 7 heteroatoms. The molecule has 20 heavy (non-hydrogen) atoms. The number of hydrogen-bond donors (Lipinski definition) is 1. The molecule has 102 valence electrons. The van der Waals surface area contributed by atoms with Crippen LogP contribution in [0.15, 0.2) is 41.0 Å². The van der Waals surface area contributed by atoms with Gasteiger partial charge in [-0.05, 0) is 30.3 Å². The highest BCUT2D eigenvalue weighted by molar-refractivity contribution is 9.10. The maximum atomic E-state index is 6.15. The Bertz CT molecular complexity index is 765. The van der Waals surface area contributed by atoms with Gasteiger partial charge in [-0.1, -0.05) is 39.1 Å². The Kier molecular flexibility index (Phi) is 3.77. The van der Waals surface area contributed by atoms with E-state index in [1.807, 2.05) is 24.3 Å². The van der Waals surface area contributed by atoms with Crippen LogP contribution in [0.2, 0.25) is 8.67 Å². The highest BCUT2D eigenvalue weighted by Crippen LogP contribution is 2.39. The van der Waals surface area contributed by atoms with E-state index in [1.165, 1.54) is 11.3 Å². The maximum Gasteiger partial charge on any atom is 0.118 e. The van der Waals surface area contributed by atoms with Gasteiger partial charge in [0, 0.05) is 10.0 Å². The van der Waals surface area contributed by atoms with E-state index in [9.17, 15) is 0 Å². The standard InChI is InChI=1S/C13H8BrCl2N3S/c14-7-1-3-8(4-2-7)19-6-10(17)12(18-19)9-5-11(15)20-13(9)16/h1-6H,17H2. The average molecular weight is 389 g/mol. The van der Waals surface area contributed by atoms with Crippen molar-refractivity contribution in [2.45, 2.75) is 0 Å². The van der Waals surface area contributed by atoms with Crippen LogP contribution in [0, 0.1) is 0 Å². The van der Waals surface area contributed by atoms with Gasteiger partial charge in [0.1, 0.15) is 10.0 Å². The van der Waals surface area contributed by atoms with Crippen LogP contribution < -0.4 is 5.73 Å². The van der Waals surface area contributed by atoms with Crippen molar-refractivity contribution in [2.75, 3.05) is 5.73 Å². The van der Waals surface area contributed by atoms with Crippen LogP contribution in [0.1, 0.15) is 0 Å². The summed E-state index contributed by atoms with van der Waals surface area (Å²) in [5, 5.41) is 4.49. The largest absolute Gasteiger partial charge is 0.396 e. The molecule has 0 unspecified atom stereocenters. The monoisotopic (exact) mass is 387 g/mol. The Balaban J connectivity index is 2.07. The fraction of sp³-hybridized carbons (Fsp3) is 0. The molecule has 0 saturated carbocycles. The molecule has 0 bridgehead atoms. The van der Waals surface area contributed by atoms with Gasteiger partial charge in [0.15, 0.2) is 0 Å². The third-order valence-corrected chi connectivity index (χ3v) is 4.76. The summed E-state index contributed by atoms with van der Waals surface area (Å²) >= 11 is 16.8. The SMILES string of the molecule is Nc1cn(-c2ccc(Br)cc2)nc1-c1cc(Cl)sc1Cl. The minimum Gasteiger partial charge on any atom is -0.396 e. The molecule has 0 atom stereocenters. The van der Waals surface area contributed by atoms with Gasteiger partial charge in [-0.15, -0.1) is 11.3 Å². The van der Waals surface area contributed by atoms with Crippen molar-refractivity contribution < 1.29 is 0 Å². The van der Waals surface area contributed by atoms with Gasteiger partial charge in [-0.25, -0.2) is 4.68 Å². The van der Waals surface area contributed by atoms with Crippen LogP contribution in [-0.4, -0.2) is 9.78 Å². The zero-order valence-corrected chi connectivity index (χ0v) is 13.9. The Morgan fingerprint density at radius 3 is 2.50 bits per heavy atom. The zero-order valence-electron chi connectivity index (χ0n) is 9.98. The Morgan fingerprint density at radius 2 is 1.90 bits per heavy atom. The lowest BCUT2D eigenvalue weighted by Gasteiger charge is -2.00. The quantitative estimate of drug-likeness (QED) is 0.651. The van der Waals surface area contributed by atoms with Crippen LogP contribution in [0.4, 0.5) is 5.69 Å². The number of benzene rings is 1. The first-order valence-electron chi connectivity index (χ1n) is 5.61. The Hall–Kier alpha value is -1.01. The molecule has 2 heterocycles. The first-order valence-corrected chi connectivity index (χ1v) is 7.97. The predicted octanol–water partition coefficient (Wildman–Crippen LogP) is 5.25. The molecule has 0 saturated heterocycles. The smallest absolute Gasteiger partial charge is 0.118 e. The molecule has 0 fully saturated rings. The summed E-state index contributed by atoms with van der Waals surface area (Å²) in [6.45, 7) is 0. The minimum atomic E-state index is 0.560. The molecular formula is C13H8BrCl2N3S. The van der Waals surface area contributed by atoms with Crippen molar-refractivity contribution in [2.24, 2.45) is 0 Å². The minimum absolute atomic E-state index is 0.560. The lowest BCUT2D eigenvalue weighted by Crippen LogP contribution is -1.94. The summed E-state index contributed by atoms with van der Waals surface area (Å²) in [6.07, 6.45) is 1.76. The van der Waals surface area contributed by atoms with E-state index in [4.69, 9.17) is 28.9 Å². The average Bonchev–Trinajstić information content (AvgIpc) is 2.93. The summed E-state index contributed by atoms with van der Waals surface area (Å²) in [5.74, 6) is 0. The number of hydrogen-bond acceptors (Lipinski definition) is 3. The van der Waals surface area contributed by atoms with Crippen molar-refractivity contribution >= 4 is 56.2 Å². The molecular weight excluding hydrogens is 381 g/mol. The second-order valence-corrected chi connectivity index (χ2v) is 7.29. The highest BCUT2D eigenvalue weighted by Gasteiger charge is 2.15.